The Morgan fingerprint density at radius 2 is 1.83 bits per heavy atom. The maximum Gasteiger partial charge on any atom is 0.167 e. The molecule has 0 saturated carbocycles. The van der Waals surface area contributed by atoms with E-state index >= 15 is 0 Å². The normalized spacial score (nSPS) is 11.0. The summed E-state index contributed by atoms with van der Waals surface area (Å²) >= 11 is 0. The first-order chi connectivity index (χ1) is 13.6. The van der Waals surface area contributed by atoms with E-state index in [9.17, 15) is 14.7 Å². The lowest BCUT2D eigenvalue weighted by atomic mass is 9.82. The Bertz CT molecular complexity index is 983. The molecule has 0 aliphatic rings. The number of hydrogen-bond acceptors (Lipinski definition) is 5. The zero-order valence-electron chi connectivity index (χ0n) is 17.6. The fourth-order valence-electron chi connectivity index (χ4n) is 3.44. The monoisotopic (exact) mass is 393 g/mol. The molecular weight excluding hydrogens is 366 g/mol. The van der Waals surface area contributed by atoms with Crippen LogP contribution in [0.5, 0.6) is 11.5 Å². The molecule has 0 amide bonds. The predicted octanol–water partition coefficient (Wildman–Crippen LogP) is 5.35. The molecule has 0 radical (unpaired) electrons. The highest BCUT2D eigenvalue weighted by molar-refractivity contribution is 6.00. The average molecular weight is 393 g/mol. The first-order valence-corrected chi connectivity index (χ1v) is 9.59. The molecule has 0 aliphatic heterocycles. The molecule has 0 heterocycles. The molecule has 0 saturated heterocycles. The smallest absolute Gasteiger partial charge is 0.167 e. The summed E-state index contributed by atoms with van der Waals surface area (Å²) < 4.78 is 5.47. The highest BCUT2D eigenvalue weighted by Gasteiger charge is 2.25. The number of carbonyl (C=O) groups excluding carboxylic acids is 2. The molecule has 0 unspecified atom stereocenters. The van der Waals surface area contributed by atoms with Crippen LogP contribution in [0.4, 0.5) is 0 Å². The molecule has 1 N–H and O–H groups in total. The molecule has 29 heavy (non-hydrogen) atoms. The largest absolute Gasteiger partial charge is 0.507 e. The van der Waals surface area contributed by atoms with Crippen LogP contribution in [0.3, 0.4) is 0 Å². The minimum atomic E-state index is -0.417. The standard InChI is InChI=1S/C24H27NO4/c1-6-17-19(10-9-18(15(2)26)23(17)28)16-7-8-20(22(13-16)29-5)21(27)14-24(3,4)11-12-25/h7-10,13,28H,6,11,14H2,1-5H3. The maximum atomic E-state index is 12.8. The molecule has 0 aromatic heterocycles. The number of phenolic OH excluding ortho intramolecular Hbond substituents is 1. The Labute approximate surface area is 171 Å². The molecule has 2 rings (SSSR count). The predicted molar refractivity (Wildman–Crippen MR) is 112 cm³/mol. The lowest BCUT2D eigenvalue weighted by molar-refractivity contribution is 0.0929. The Morgan fingerprint density at radius 3 is 2.38 bits per heavy atom. The maximum absolute atomic E-state index is 12.8. The van der Waals surface area contributed by atoms with Crippen LogP contribution >= 0.6 is 0 Å². The number of ether oxygens (including phenoxy) is 1. The van der Waals surface area contributed by atoms with Gasteiger partial charge in [0, 0.05) is 18.4 Å². The third-order valence-corrected chi connectivity index (χ3v) is 5.03. The van der Waals surface area contributed by atoms with E-state index in [1.807, 2.05) is 32.9 Å². The van der Waals surface area contributed by atoms with Gasteiger partial charge in [0.25, 0.3) is 0 Å². The van der Waals surface area contributed by atoms with Crippen LogP contribution in [0.1, 0.15) is 66.8 Å². The molecule has 0 bridgehead atoms. The topological polar surface area (TPSA) is 87.4 Å². The number of methoxy groups -OCH3 is 1. The first-order valence-electron chi connectivity index (χ1n) is 9.59. The molecule has 0 spiro atoms. The van der Waals surface area contributed by atoms with Gasteiger partial charge in [0.05, 0.1) is 24.3 Å². The Kier molecular flexibility index (Phi) is 6.81. The number of benzene rings is 2. The van der Waals surface area contributed by atoms with E-state index in [0.29, 0.717) is 35.3 Å². The lowest BCUT2D eigenvalue weighted by Gasteiger charge is -2.21. The van der Waals surface area contributed by atoms with E-state index in [1.54, 1.807) is 18.2 Å². The number of carbonyl (C=O) groups is 2. The summed E-state index contributed by atoms with van der Waals surface area (Å²) in [6.07, 6.45) is 1.08. The quantitative estimate of drug-likeness (QED) is 0.611. The van der Waals surface area contributed by atoms with Gasteiger partial charge in [-0.25, -0.2) is 0 Å². The molecular formula is C24H27NO4. The number of aromatic hydroxyl groups is 1. The van der Waals surface area contributed by atoms with Gasteiger partial charge in [-0.1, -0.05) is 32.9 Å². The Morgan fingerprint density at radius 1 is 1.17 bits per heavy atom. The van der Waals surface area contributed by atoms with Crippen molar-refractivity contribution < 1.29 is 19.4 Å². The summed E-state index contributed by atoms with van der Waals surface area (Å²) in [5, 5.41) is 19.5. The second-order valence-corrected chi connectivity index (χ2v) is 7.91. The van der Waals surface area contributed by atoms with Crippen LogP contribution in [0, 0.1) is 16.7 Å². The minimum Gasteiger partial charge on any atom is -0.507 e. The average Bonchev–Trinajstić information content (AvgIpc) is 2.66. The van der Waals surface area contributed by atoms with Crippen molar-refractivity contribution in [1.29, 1.82) is 5.26 Å². The van der Waals surface area contributed by atoms with E-state index in [0.717, 1.165) is 11.1 Å². The summed E-state index contributed by atoms with van der Waals surface area (Å²) in [6, 6.07) is 10.8. The van der Waals surface area contributed by atoms with Crippen LogP contribution in [0.2, 0.25) is 0 Å². The van der Waals surface area contributed by atoms with Gasteiger partial charge in [0.1, 0.15) is 11.5 Å². The highest BCUT2D eigenvalue weighted by Crippen LogP contribution is 2.37. The van der Waals surface area contributed by atoms with E-state index in [4.69, 9.17) is 10.00 Å². The molecule has 152 valence electrons. The Balaban J connectivity index is 2.49. The van der Waals surface area contributed by atoms with Gasteiger partial charge in [-0.05, 0) is 48.1 Å². The van der Waals surface area contributed by atoms with E-state index in [1.165, 1.54) is 14.0 Å². The minimum absolute atomic E-state index is 0.00475. The van der Waals surface area contributed by atoms with Crippen molar-refractivity contribution >= 4 is 11.6 Å². The number of ketones is 2. The molecule has 5 heteroatoms. The summed E-state index contributed by atoms with van der Waals surface area (Å²) in [5.74, 6) is 0.161. The molecule has 0 atom stereocenters. The van der Waals surface area contributed by atoms with Gasteiger partial charge in [-0.2, -0.15) is 5.26 Å². The number of Topliss-reactive ketones (excluding diaryl/α,β-unsaturated/α-hetero) is 2. The highest BCUT2D eigenvalue weighted by atomic mass is 16.5. The van der Waals surface area contributed by atoms with E-state index in [-0.39, 0.29) is 23.7 Å². The summed E-state index contributed by atoms with van der Waals surface area (Å²) in [4.78, 5) is 24.5. The zero-order valence-corrected chi connectivity index (χ0v) is 17.6. The molecule has 2 aromatic carbocycles. The fraction of sp³-hybridized carbons (Fsp3) is 0.375. The van der Waals surface area contributed by atoms with Crippen LogP contribution < -0.4 is 4.74 Å². The second-order valence-electron chi connectivity index (χ2n) is 7.91. The molecule has 0 fully saturated rings. The lowest BCUT2D eigenvalue weighted by Crippen LogP contribution is -2.17. The molecule has 0 aliphatic carbocycles. The number of rotatable bonds is 8. The summed E-state index contributed by atoms with van der Waals surface area (Å²) in [5.41, 5.74) is 2.59. The van der Waals surface area contributed by atoms with Crippen molar-refractivity contribution in [2.24, 2.45) is 5.41 Å². The third-order valence-electron chi connectivity index (χ3n) is 5.03. The zero-order chi connectivity index (χ0) is 21.8. The van der Waals surface area contributed by atoms with Crippen molar-refractivity contribution in [1.82, 2.24) is 0 Å². The number of hydrogen-bond donors (Lipinski definition) is 1. The van der Waals surface area contributed by atoms with Crippen LogP contribution in [0.25, 0.3) is 11.1 Å². The molecule has 5 nitrogen and oxygen atoms in total. The third kappa shape index (κ3) is 4.83. The Hall–Kier alpha value is -3.13. The van der Waals surface area contributed by atoms with E-state index in [2.05, 4.69) is 6.07 Å². The van der Waals surface area contributed by atoms with Gasteiger partial charge in [-0.15, -0.1) is 0 Å². The number of nitriles is 1. The van der Waals surface area contributed by atoms with E-state index < -0.39 is 5.41 Å². The van der Waals surface area contributed by atoms with Gasteiger partial charge in [0.15, 0.2) is 11.6 Å². The SMILES string of the molecule is CCc1c(-c2ccc(C(=O)CC(C)(C)CC#N)c(OC)c2)ccc(C(C)=O)c1O. The van der Waals surface area contributed by atoms with Gasteiger partial charge in [-0.3, -0.25) is 9.59 Å². The van der Waals surface area contributed by atoms with Crippen molar-refractivity contribution in [2.75, 3.05) is 7.11 Å². The second kappa shape index (κ2) is 8.91. The van der Waals surface area contributed by atoms with Crippen molar-refractivity contribution in [3.63, 3.8) is 0 Å². The first kappa shape index (κ1) is 22.2. The number of nitrogens with zero attached hydrogens (tertiary/aromatic N) is 1. The van der Waals surface area contributed by atoms with Crippen LogP contribution in [-0.2, 0) is 6.42 Å². The van der Waals surface area contributed by atoms with Crippen molar-refractivity contribution in [2.45, 2.75) is 47.0 Å². The van der Waals surface area contributed by atoms with Crippen LogP contribution in [-0.4, -0.2) is 23.8 Å². The fourth-order valence-corrected chi connectivity index (χ4v) is 3.44. The van der Waals surface area contributed by atoms with Crippen LogP contribution in [0.15, 0.2) is 30.3 Å². The van der Waals surface area contributed by atoms with Gasteiger partial charge in [0.2, 0.25) is 0 Å². The summed E-state index contributed by atoms with van der Waals surface area (Å²) in [6.45, 7) is 7.12. The van der Waals surface area contributed by atoms with Gasteiger partial charge < -0.3 is 9.84 Å². The van der Waals surface area contributed by atoms with Gasteiger partial charge >= 0.3 is 0 Å². The summed E-state index contributed by atoms with van der Waals surface area (Å²) in [7, 11) is 1.51. The van der Waals surface area contributed by atoms with Crippen molar-refractivity contribution in [3.8, 4) is 28.7 Å². The number of phenols is 1. The molecule has 2 aromatic rings. The van der Waals surface area contributed by atoms with Crippen molar-refractivity contribution in [3.05, 3.63) is 47.0 Å².